The number of aliphatic hydroxyl groups is 1. The number of hydrogen-bond acceptors (Lipinski definition) is 4. The Morgan fingerprint density at radius 3 is 2.50 bits per heavy atom. The summed E-state index contributed by atoms with van der Waals surface area (Å²) in [6, 6.07) is 8.57. The first-order valence-corrected chi connectivity index (χ1v) is 8.16. The van der Waals surface area contributed by atoms with Crippen molar-refractivity contribution in [1.82, 2.24) is 15.6 Å². The molecule has 2 rings (SSSR count). The summed E-state index contributed by atoms with van der Waals surface area (Å²) in [6.45, 7) is 3.79. The summed E-state index contributed by atoms with van der Waals surface area (Å²) in [4.78, 5) is 16.6. The Balaban J connectivity index is 1.98. The lowest BCUT2D eigenvalue weighted by Gasteiger charge is -2.20. The summed E-state index contributed by atoms with van der Waals surface area (Å²) in [6.07, 6.45) is 0.759. The minimum atomic E-state index is -0.420. The Morgan fingerprint density at radius 1 is 1.27 bits per heavy atom. The van der Waals surface area contributed by atoms with Crippen molar-refractivity contribution < 1.29 is 9.90 Å². The van der Waals surface area contributed by atoms with Crippen LogP contribution < -0.4 is 10.6 Å². The third-order valence-electron chi connectivity index (χ3n) is 3.34. The second-order valence-electron chi connectivity index (χ2n) is 5.05. The molecule has 3 N–H and O–H groups in total. The molecule has 22 heavy (non-hydrogen) atoms. The second kappa shape index (κ2) is 7.91. The fraction of sp³-hybridized carbons (Fsp3) is 0.375. The number of aliphatic hydroxyl groups excluding tert-OH is 1. The van der Waals surface area contributed by atoms with Crippen LogP contribution in [-0.4, -0.2) is 22.7 Å². The predicted octanol–water partition coefficient (Wildman–Crippen LogP) is 2.94. The molecule has 0 saturated heterocycles. The first-order chi connectivity index (χ1) is 10.6. The monoisotopic (exact) mass is 319 g/mol. The Hall–Kier alpha value is -1.92. The number of amides is 2. The Kier molecular flexibility index (Phi) is 5.91. The van der Waals surface area contributed by atoms with Gasteiger partial charge in [-0.2, -0.15) is 0 Å². The molecule has 0 radical (unpaired) electrons. The molecule has 0 saturated carbocycles. The highest BCUT2D eigenvalue weighted by atomic mass is 32.1. The number of benzene rings is 1. The molecule has 0 fully saturated rings. The van der Waals surface area contributed by atoms with Crippen molar-refractivity contribution in [2.24, 2.45) is 0 Å². The number of nitrogens with one attached hydrogen (secondary N) is 2. The van der Waals surface area contributed by atoms with Crippen molar-refractivity contribution in [3.63, 3.8) is 0 Å². The van der Waals surface area contributed by atoms with Gasteiger partial charge in [-0.05, 0) is 18.9 Å². The number of hydrogen-bond donors (Lipinski definition) is 3. The smallest absolute Gasteiger partial charge is 0.315 e. The summed E-state index contributed by atoms with van der Waals surface area (Å²) in [5.41, 5.74) is 1.83. The molecule has 0 bridgehead atoms. The van der Waals surface area contributed by atoms with Crippen LogP contribution in [0.15, 0.2) is 35.7 Å². The lowest BCUT2D eigenvalue weighted by Crippen LogP contribution is -2.40. The van der Waals surface area contributed by atoms with E-state index in [2.05, 4.69) is 15.6 Å². The average molecular weight is 319 g/mol. The molecule has 1 heterocycles. The van der Waals surface area contributed by atoms with Gasteiger partial charge in [-0.15, -0.1) is 11.3 Å². The van der Waals surface area contributed by atoms with Gasteiger partial charge in [0.1, 0.15) is 5.01 Å². The lowest BCUT2D eigenvalue weighted by molar-refractivity contribution is 0.214. The van der Waals surface area contributed by atoms with Crippen LogP contribution in [0.1, 0.15) is 41.7 Å². The summed E-state index contributed by atoms with van der Waals surface area (Å²) >= 11 is 1.54. The fourth-order valence-electron chi connectivity index (χ4n) is 2.15. The number of carbonyl (C=O) groups excluding carboxylic acids is 1. The van der Waals surface area contributed by atoms with Gasteiger partial charge in [-0.25, -0.2) is 9.78 Å². The van der Waals surface area contributed by atoms with Gasteiger partial charge in [0.2, 0.25) is 0 Å². The highest BCUT2D eigenvalue weighted by Crippen LogP contribution is 2.21. The average Bonchev–Trinajstić information content (AvgIpc) is 2.97. The zero-order valence-electron chi connectivity index (χ0n) is 12.7. The van der Waals surface area contributed by atoms with Crippen molar-refractivity contribution in [3.8, 4) is 0 Å². The van der Waals surface area contributed by atoms with Crippen LogP contribution in [0.25, 0.3) is 0 Å². The SMILES string of the molecule is CCC(NC(=O)NC(CO)c1ccccc1)c1nc(C)cs1. The van der Waals surface area contributed by atoms with Gasteiger partial charge >= 0.3 is 6.03 Å². The molecular formula is C16H21N3O2S. The second-order valence-corrected chi connectivity index (χ2v) is 5.94. The quantitative estimate of drug-likeness (QED) is 0.766. The number of urea groups is 1. The van der Waals surface area contributed by atoms with Gasteiger partial charge in [0.05, 0.1) is 18.7 Å². The standard InChI is InChI=1S/C16H21N3O2S/c1-3-13(15-17-11(2)10-22-15)18-16(21)19-14(9-20)12-7-5-4-6-8-12/h4-8,10,13-14,20H,3,9H2,1-2H3,(H2,18,19,21). The minimum Gasteiger partial charge on any atom is -0.394 e. The summed E-state index contributed by atoms with van der Waals surface area (Å²) in [7, 11) is 0. The van der Waals surface area contributed by atoms with E-state index < -0.39 is 6.04 Å². The molecule has 1 aromatic carbocycles. The maximum absolute atomic E-state index is 12.2. The molecule has 0 spiro atoms. The highest BCUT2D eigenvalue weighted by molar-refractivity contribution is 7.09. The van der Waals surface area contributed by atoms with Gasteiger partial charge < -0.3 is 15.7 Å². The van der Waals surface area contributed by atoms with Crippen LogP contribution in [0, 0.1) is 6.92 Å². The maximum atomic E-state index is 12.2. The van der Waals surface area contributed by atoms with Crippen molar-refractivity contribution in [2.45, 2.75) is 32.4 Å². The summed E-state index contributed by atoms with van der Waals surface area (Å²) in [5.74, 6) is 0. The third-order valence-corrected chi connectivity index (χ3v) is 4.41. The fourth-order valence-corrected chi connectivity index (χ4v) is 3.08. The number of nitrogens with zero attached hydrogens (tertiary/aromatic N) is 1. The Bertz CT molecular complexity index is 600. The largest absolute Gasteiger partial charge is 0.394 e. The van der Waals surface area contributed by atoms with Gasteiger partial charge in [0.25, 0.3) is 0 Å². The number of rotatable bonds is 6. The number of carbonyl (C=O) groups is 1. The van der Waals surface area contributed by atoms with Crippen molar-refractivity contribution in [3.05, 3.63) is 52.0 Å². The molecule has 2 unspecified atom stereocenters. The zero-order chi connectivity index (χ0) is 15.9. The van der Waals surface area contributed by atoms with E-state index in [1.54, 1.807) is 11.3 Å². The van der Waals surface area contributed by atoms with E-state index in [1.165, 1.54) is 0 Å². The van der Waals surface area contributed by atoms with E-state index in [0.29, 0.717) is 0 Å². The van der Waals surface area contributed by atoms with E-state index in [0.717, 1.165) is 22.7 Å². The van der Waals surface area contributed by atoms with E-state index in [-0.39, 0.29) is 18.7 Å². The van der Waals surface area contributed by atoms with Crippen LogP contribution >= 0.6 is 11.3 Å². The van der Waals surface area contributed by atoms with Crippen LogP contribution in [0.4, 0.5) is 4.79 Å². The van der Waals surface area contributed by atoms with E-state index in [1.807, 2.05) is 49.6 Å². The van der Waals surface area contributed by atoms with Gasteiger partial charge in [0.15, 0.2) is 0 Å². The molecule has 2 amide bonds. The van der Waals surface area contributed by atoms with E-state index in [4.69, 9.17) is 0 Å². The summed E-state index contributed by atoms with van der Waals surface area (Å²) in [5, 5.41) is 18.1. The van der Waals surface area contributed by atoms with Crippen molar-refractivity contribution in [1.29, 1.82) is 0 Å². The summed E-state index contributed by atoms with van der Waals surface area (Å²) < 4.78 is 0. The maximum Gasteiger partial charge on any atom is 0.315 e. The van der Waals surface area contributed by atoms with Crippen molar-refractivity contribution >= 4 is 17.4 Å². The first-order valence-electron chi connectivity index (χ1n) is 7.29. The molecule has 2 atom stereocenters. The van der Waals surface area contributed by atoms with Crippen LogP contribution in [0.2, 0.25) is 0 Å². The molecule has 6 heteroatoms. The molecule has 0 aliphatic heterocycles. The van der Waals surface area contributed by atoms with Crippen LogP contribution in [-0.2, 0) is 0 Å². The number of aryl methyl sites for hydroxylation is 1. The normalized spacial score (nSPS) is 13.4. The molecule has 0 aliphatic rings. The minimum absolute atomic E-state index is 0.117. The highest BCUT2D eigenvalue weighted by Gasteiger charge is 2.18. The van der Waals surface area contributed by atoms with Gasteiger partial charge in [0, 0.05) is 11.1 Å². The van der Waals surface area contributed by atoms with E-state index >= 15 is 0 Å². The number of aromatic nitrogens is 1. The van der Waals surface area contributed by atoms with E-state index in [9.17, 15) is 9.90 Å². The molecule has 118 valence electrons. The van der Waals surface area contributed by atoms with Crippen LogP contribution in [0.5, 0.6) is 0 Å². The van der Waals surface area contributed by atoms with Gasteiger partial charge in [-0.1, -0.05) is 37.3 Å². The molecular weight excluding hydrogens is 298 g/mol. The molecule has 1 aromatic heterocycles. The predicted molar refractivity (Wildman–Crippen MR) is 87.8 cm³/mol. The van der Waals surface area contributed by atoms with Crippen molar-refractivity contribution in [2.75, 3.05) is 6.61 Å². The number of thiazole rings is 1. The van der Waals surface area contributed by atoms with Crippen LogP contribution in [0.3, 0.4) is 0 Å². The Labute approximate surface area is 134 Å². The molecule has 5 nitrogen and oxygen atoms in total. The Morgan fingerprint density at radius 2 is 1.95 bits per heavy atom. The zero-order valence-corrected chi connectivity index (χ0v) is 13.6. The molecule has 2 aromatic rings. The third kappa shape index (κ3) is 4.29. The molecule has 0 aliphatic carbocycles. The lowest BCUT2D eigenvalue weighted by atomic mass is 10.1. The first kappa shape index (κ1) is 16.5. The topological polar surface area (TPSA) is 74.2 Å². The van der Waals surface area contributed by atoms with Gasteiger partial charge in [-0.3, -0.25) is 0 Å².